The van der Waals surface area contributed by atoms with E-state index in [1.54, 1.807) is 6.07 Å². The molecule has 8 heteroatoms. The lowest BCUT2D eigenvalue weighted by Gasteiger charge is -2.28. The van der Waals surface area contributed by atoms with Gasteiger partial charge in [0.05, 0.1) is 24.3 Å². The highest BCUT2D eigenvalue weighted by Crippen LogP contribution is 2.34. The maximum absolute atomic E-state index is 14.1. The number of halogens is 2. The van der Waals surface area contributed by atoms with Crippen LogP contribution >= 0.6 is 11.6 Å². The molecule has 2 N–H and O–H groups in total. The van der Waals surface area contributed by atoms with E-state index in [1.807, 2.05) is 36.5 Å². The molecule has 4 heterocycles. The SMILES string of the molecule is O=C(c1cn(CC2CCN2)c2cc(-c3cn[nH]c3F)ccc12)C1COc2ccc(Cl)cc2C1. The average Bonchev–Trinajstić information content (AvgIpc) is 3.38. The molecule has 6 rings (SSSR count). The van der Waals surface area contributed by atoms with E-state index >= 15 is 0 Å². The number of aromatic amines is 1. The van der Waals surface area contributed by atoms with Crippen molar-refractivity contribution >= 4 is 28.3 Å². The minimum atomic E-state index is -0.471. The molecule has 0 amide bonds. The monoisotopic (exact) mass is 464 g/mol. The smallest absolute Gasteiger partial charge is 0.216 e. The maximum atomic E-state index is 14.1. The molecule has 0 spiro atoms. The normalized spacial score (nSPS) is 19.7. The number of nitrogens with zero attached hydrogens (tertiary/aromatic N) is 2. The molecule has 0 aliphatic carbocycles. The maximum Gasteiger partial charge on any atom is 0.216 e. The molecule has 33 heavy (non-hydrogen) atoms. The van der Waals surface area contributed by atoms with E-state index in [0.29, 0.717) is 35.2 Å². The highest BCUT2D eigenvalue weighted by atomic mass is 35.5. The first-order valence-corrected chi connectivity index (χ1v) is 11.5. The van der Waals surface area contributed by atoms with Gasteiger partial charge in [-0.1, -0.05) is 23.7 Å². The van der Waals surface area contributed by atoms with Crippen molar-refractivity contribution in [2.45, 2.75) is 25.4 Å². The van der Waals surface area contributed by atoms with Crippen LogP contribution in [0.2, 0.25) is 5.02 Å². The Morgan fingerprint density at radius 1 is 1.27 bits per heavy atom. The first-order chi connectivity index (χ1) is 16.1. The molecule has 1 saturated heterocycles. The molecule has 2 aliphatic heterocycles. The summed E-state index contributed by atoms with van der Waals surface area (Å²) in [5.74, 6) is 0.0748. The van der Waals surface area contributed by atoms with Crippen molar-refractivity contribution in [3.63, 3.8) is 0 Å². The predicted octanol–water partition coefficient (Wildman–Crippen LogP) is 4.62. The molecule has 2 aliphatic rings. The number of H-pyrrole nitrogens is 1. The molecule has 0 saturated carbocycles. The molecule has 6 nitrogen and oxygen atoms in total. The first kappa shape index (κ1) is 20.4. The molecule has 2 aromatic heterocycles. The summed E-state index contributed by atoms with van der Waals surface area (Å²) in [5, 5.41) is 11.1. The third-order valence-electron chi connectivity index (χ3n) is 6.69. The summed E-state index contributed by atoms with van der Waals surface area (Å²) in [4.78, 5) is 13.6. The Hall–Kier alpha value is -3.16. The van der Waals surface area contributed by atoms with Gasteiger partial charge < -0.3 is 14.6 Å². The summed E-state index contributed by atoms with van der Waals surface area (Å²) in [6, 6.07) is 11.6. The zero-order valence-corrected chi connectivity index (χ0v) is 18.5. The van der Waals surface area contributed by atoms with Crippen LogP contribution in [0.5, 0.6) is 5.75 Å². The summed E-state index contributed by atoms with van der Waals surface area (Å²) < 4.78 is 22.1. The fraction of sp³-hybridized carbons (Fsp3) is 0.280. The number of carbonyl (C=O) groups is 1. The number of ether oxygens (including phenoxy) is 1. The van der Waals surface area contributed by atoms with Crippen LogP contribution in [-0.2, 0) is 13.0 Å². The zero-order valence-electron chi connectivity index (χ0n) is 17.8. The third-order valence-corrected chi connectivity index (χ3v) is 6.93. The van der Waals surface area contributed by atoms with E-state index in [1.165, 1.54) is 6.20 Å². The number of Topliss-reactive ketones (excluding diaryl/α,β-unsaturated/α-hetero) is 1. The molecule has 0 bridgehead atoms. The lowest BCUT2D eigenvalue weighted by atomic mass is 9.89. The molecular weight excluding hydrogens is 443 g/mol. The largest absolute Gasteiger partial charge is 0.493 e. The van der Waals surface area contributed by atoms with Gasteiger partial charge in [0.2, 0.25) is 5.95 Å². The first-order valence-electron chi connectivity index (χ1n) is 11.1. The van der Waals surface area contributed by atoms with Gasteiger partial charge in [-0.25, -0.2) is 0 Å². The van der Waals surface area contributed by atoms with Crippen LogP contribution in [0, 0.1) is 11.9 Å². The van der Waals surface area contributed by atoms with Crippen LogP contribution in [0.4, 0.5) is 4.39 Å². The fourth-order valence-electron chi connectivity index (χ4n) is 4.77. The summed E-state index contributed by atoms with van der Waals surface area (Å²) in [6.45, 7) is 2.09. The van der Waals surface area contributed by atoms with Crippen molar-refractivity contribution in [2.24, 2.45) is 5.92 Å². The van der Waals surface area contributed by atoms with E-state index < -0.39 is 5.95 Å². The van der Waals surface area contributed by atoms with E-state index in [9.17, 15) is 9.18 Å². The lowest BCUT2D eigenvalue weighted by Crippen LogP contribution is -2.45. The minimum Gasteiger partial charge on any atom is -0.493 e. The topological polar surface area (TPSA) is 71.9 Å². The van der Waals surface area contributed by atoms with Gasteiger partial charge in [0.25, 0.3) is 0 Å². The number of hydrogen-bond donors (Lipinski definition) is 2. The Labute approximate surface area is 194 Å². The number of hydrogen-bond acceptors (Lipinski definition) is 4. The molecular formula is C25H22ClFN4O2. The Morgan fingerprint density at radius 2 is 2.15 bits per heavy atom. The summed E-state index contributed by atoms with van der Waals surface area (Å²) in [5.41, 5.74) is 3.66. The second kappa shape index (κ2) is 8.01. The van der Waals surface area contributed by atoms with Gasteiger partial charge in [0.1, 0.15) is 5.75 Å². The molecule has 2 unspecified atom stereocenters. The second-order valence-corrected chi connectivity index (χ2v) is 9.23. The van der Waals surface area contributed by atoms with Crippen molar-refractivity contribution in [3.05, 3.63) is 70.9 Å². The molecule has 0 radical (unpaired) electrons. The van der Waals surface area contributed by atoms with E-state index in [4.69, 9.17) is 16.3 Å². The molecule has 1 fully saturated rings. The number of benzene rings is 2. The van der Waals surface area contributed by atoms with Gasteiger partial charge in [-0.3, -0.25) is 9.89 Å². The van der Waals surface area contributed by atoms with Crippen LogP contribution in [0.3, 0.4) is 0 Å². The van der Waals surface area contributed by atoms with Crippen molar-refractivity contribution < 1.29 is 13.9 Å². The Morgan fingerprint density at radius 3 is 2.91 bits per heavy atom. The van der Waals surface area contributed by atoms with Crippen LogP contribution < -0.4 is 10.1 Å². The van der Waals surface area contributed by atoms with E-state index in [-0.39, 0.29) is 11.7 Å². The summed E-state index contributed by atoms with van der Waals surface area (Å²) in [6.07, 6.45) is 5.10. The Balaban J connectivity index is 1.39. The Kier molecular flexibility index (Phi) is 4.96. The predicted molar refractivity (Wildman–Crippen MR) is 124 cm³/mol. The van der Waals surface area contributed by atoms with Crippen LogP contribution in [-0.4, -0.2) is 39.7 Å². The second-order valence-electron chi connectivity index (χ2n) is 8.79. The van der Waals surface area contributed by atoms with Crippen LogP contribution in [0.15, 0.2) is 48.8 Å². The quantitative estimate of drug-likeness (QED) is 0.423. The third kappa shape index (κ3) is 3.61. The molecule has 2 atom stereocenters. The minimum absolute atomic E-state index is 0.0492. The van der Waals surface area contributed by atoms with Gasteiger partial charge in [-0.2, -0.15) is 9.49 Å². The molecule has 4 aromatic rings. The molecule has 2 aromatic carbocycles. The summed E-state index contributed by atoms with van der Waals surface area (Å²) in [7, 11) is 0. The Bertz CT molecular complexity index is 1370. The highest BCUT2D eigenvalue weighted by Gasteiger charge is 2.30. The van der Waals surface area contributed by atoms with Crippen LogP contribution in [0.1, 0.15) is 22.3 Å². The van der Waals surface area contributed by atoms with Gasteiger partial charge in [-0.15, -0.1) is 0 Å². The van der Waals surface area contributed by atoms with Crippen molar-refractivity contribution in [3.8, 4) is 16.9 Å². The van der Waals surface area contributed by atoms with Gasteiger partial charge in [0, 0.05) is 40.3 Å². The number of aromatic nitrogens is 3. The van der Waals surface area contributed by atoms with Crippen LogP contribution in [0.25, 0.3) is 22.0 Å². The van der Waals surface area contributed by atoms with Gasteiger partial charge in [-0.05, 0) is 54.8 Å². The summed E-state index contributed by atoms with van der Waals surface area (Å²) >= 11 is 6.16. The molecule has 168 valence electrons. The highest BCUT2D eigenvalue weighted by molar-refractivity contribution is 6.30. The van der Waals surface area contributed by atoms with Gasteiger partial charge in [0.15, 0.2) is 5.78 Å². The lowest BCUT2D eigenvalue weighted by molar-refractivity contribution is 0.0856. The van der Waals surface area contributed by atoms with Crippen molar-refractivity contribution in [1.82, 2.24) is 20.1 Å². The average molecular weight is 465 g/mol. The van der Waals surface area contributed by atoms with E-state index in [0.717, 1.165) is 47.3 Å². The number of rotatable bonds is 5. The number of carbonyl (C=O) groups excluding carboxylic acids is 1. The van der Waals surface area contributed by atoms with Gasteiger partial charge >= 0.3 is 0 Å². The van der Waals surface area contributed by atoms with Crippen molar-refractivity contribution in [1.29, 1.82) is 0 Å². The number of ketones is 1. The fourth-order valence-corrected chi connectivity index (χ4v) is 4.97. The van der Waals surface area contributed by atoms with Crippen molar-refractivity contribution in [2.75, 3.05) is 13.2 Å². The zero-order chi connectivity index (χ0) is 22.5. The van der Waals surface area contributed by atoms with E-state index in [2.05, 4.69) is 20.1 Å². The standard InChI is InChI=1S/C25H22ClFN4O2/c26-17-2-4-23-15(8-17)7-16(13-33-23)24(32)21-12-31(11-18-5-6-28-18)22-9-14(1-3-19(21)22)20-10-29-30-25(20)27/h1-4,8-10,12,16,18,28H,5-7,11,13H2,(H,29,30). The number of nitrogens with one attached hydrogen (secondary N) is 2. The number of fused-ring (bicyclic) bond motifs is 2.